The molecule has 1 saturated carbocycles. The Bertz CT molecular complexity index is 874. The molecule has 2 fully saturated rings. The van der Waals surface area contributed by atoms with Crippen molar-refractivity contribution < 1.29 is 18.7 Å². The third-order valence-electron chi connectivity index (χ3n) is 5.59. The van der Waals surface area contributed by atoms with Gasteiger partial charge in [-0.2, -0.15) is 0 Å². The first kappa shape index (κ1) is 21.1. The molecule has 2 aliphatic rings. The Labute approximate surface area is 180 Å². The van der Waals surface area contributed by atoms with Crippen molar-refractivity contribution in [3.05, 3.63) is 40.5 Å². The van der Waals surface area contributed by atoms with E-state index < -0.39 is 11.9 Å². The van der Waals surface area contributed by atoms with Gasteiger partial charge in [0.2, 0.25) is 5.88 Å². The Morgan fingerprint density at radius 1 is 1.33 bits per heavy atom. The molecule has 2 atom stereocenters. The number of ether oxygens (including phenoxy) is 2. The molecule has 1 amide bonds. The van der Waals surface area contributed by atoms with Crippen molar-refractivity contribution in [1.29, 1.82) is 0 Å². The van der Waals surface area contributed by atoms with E-state index in [9.17, 15) is 9.18 Å². The quantitative estimate of drug-likeness (QED) is 0.710. The van der Waals surface area contributed by atoms with Gasteiger partial charge in [0.15, 0.2) is 11.6 Å². The van der Waals surface area contributed by atoms with Crippen molar-refractivity contribution in [1.82, 2.24) is 15.2 Å². The van der Waals surface area contributed by atoms with E-state index in [4.69, 9.17) is 9.47 Å². The lowest BCUT2D eigenvalue weighted by molar-refractivity contribution is 0.143. The highest BCUT2D eigenvalue weighted by Gasteiger charge is 2.53. The molecule has 162 valence electrons. The van der Waals surface area contributed by atoms with Crippen molar-refractivity contribution in [2.75, 3.05) is 26.2 Å². The van der Waals surface area contributed by atoms with Crippen molar-refractivity contribution in [3.63, 3.8) is 0 Å². The first-order valence-corrected chi connectivity index (χ1v) is 11.2. The van der Waals surface area contributed by atoms with Crippen molar-refractivity contribution >= 4 is 17.4 Å². The topological polar surface area (TPSA) is 63.7 Å². The zero-order valence-electron chi connectivity index (χ0n) is 17.6. The summed E-state index contributed by atoms with van der Waals surface area (Å²) >= 11 is 1.37. The molecule has 2 unspecified atom stereocenters. The second kappa shape index (κ2) is 8.51. The molecular weight excluding hydrogens is 405 g/mol. The molecule has 1 aromatic heterocycles. The van der Waals surface area contributed by atoms with Crippen LogP contribution in [0.25, 0.3) is 0 Å². The van der Waals surface area contributed by atoms with E-state index in [1.54, 1.807) is 27.9 Å². The molecule has 2 aromatic rings. The predicted octanol–water partition coefficient (Wildman–Crippen LogP) is 4.17. The number of hydrogen-bond donors (Lipinski definition) is 1. The summed E-state index contributed by atoms with van der Waals surface area (Å²) in [5.41, 5.74) is 2.35. The van der Waals surface area contributed by atoms with Gasteiger partial charge in [0.05, 0.1) is 17.5 Å². The molecule has 1 saturated heterocycles. The summed E-state index contributed by atoms with van der Waals surface area (Å²) in [7, 11) is 0. The number of fused-ring (bicyclic) bond motifs is 1. The van der Waals surface area contributed by atoms with Gasteiger partial charge < -0.3 is 19.7 Å². The van der Waals surface area contributed by atoms with Crippen LogP contribution in [0.4, 0.5) is 9.18 Å². The van der Waals surface area contributed by atoms with Crippen LogP contribution in [0, 0.1) is 29.0 Å². The molecule has 30 heavy (non-hydrogen) atoms. The van der Waals surface area contributed by atoms with Gasteiger partial charge in [0.1, 0.15) is 0 Å². The van der Waals surface area contributed by atoms with Gasteiger partial charge >= 0.3 is 6.09 Å². The first-order chi connectivity index (χ1) is 14.3. The number of benzene rings is 1. The maximum absolute atomic E-state index is 14.2. The molecule has 1 aromatic carbocycles. The third kappa shape index (κ3) is 5.10. The Balaban J connectivity index is 1.47. The van der Waals surface area contributed by atoms with Gasteiger partial charge in [-0.05, 0) is 54.0 Å². The van der Waals surface area contributed by atoms with Crippen LogP contribution in [0.1, 0.15) is 26.3 Å². The van der Waals surface area contributed by atoms with Crippen LogP contribution < -0.4 is 14.8 Å². The van der Waals surface area contributed by atoms with Crippen LogP contribution in [-0.4, -0.2) is 42.2 Å². The second-order valence-electron chi connectivity index (χ2n) is 9.34. The van der Waals surface area contributed by atoms with Crippen LogP contribution in [0.5, 0.6) is 11.6 Å². The molecular formula is C22H28FN3O3S. The molecule has 2 heterocycles. The molecule has 0 bridgehead atoms. The molecule has 4 rings (SSSR count). The predicted molar refractivity (Wildman–Crippen MR) is 113 cm³/mol. The van der Waals surface area contributed by atoms with Crippen LogP contribution in [0.15, 0.2) is 29.1 Å². The van der Waals surface area contributed by atoms with Gasteiger partial charge in [0, 0.05) is 13.1 Å². The van der Waals surface area contributed by atoms with Gasteiger partial charge in [-0.25, -0.2) is 14.2 Å². The third-order valence-corrected chi connectivity index (χ3v) is 6.15. The van der Waals surface area contributed by atoms with Crippen molar-refractivity contribution in [3.8, 4) is 11.6 Å². The molecule has 1 N–H and O–H groups in total. The average molecular weight is 434 g/mol. The summed E-state index contributed by atoms with van der Waals surface area (Å²) in [4.78, 5) is 18.6. The fourth-order valence-corrected chi connectivity index (χ4v) is 4.40. The molecule has 0 radical (unpaired) electrons. The van der Waals surface area contributed by atoms with E-state index in [1.165, 1.54) is 17.4 Å². The average Bonchev–Trinajstić information content (AvgIpc) is 3.10. The van der Waals surface area contributed by atoms with Gasteiger partial charge in [-0.1, -0.05) is 26.8 Å². The Kier molecular flexibility index (Phi) is 5.97. The van der Waals surface area contributed by atoms with Gasteiger partial charge in [0.25, 0.3) is 0 Å². The highest BCUT2D eigenvalue weighted by atomic mass is 32.1. The SMILES string of the molecule is CC(C)(C)COc1cc(CN(CC2C3CNCC32)C(=O)Oc2cscn2)ccc1F. The highest BCUT2D eigenvalue weighted by Crippen LogP contribution is 2.49. The zero-order valence-corrected chi connectivity index (χ0v) is 18.4. The Morgan fingerprint density at radius 3 is 2.77 bits per heavy atom. The number of amides is 1. The lowest BCUT2D eigenvalue weighted by Gasteiger charge is -2.23. The largest absolute Gasteiger partial charge is 0.490 e. The number of nitrogens with zero attached hydrogens (tertiary/aromatic N) is 2. The summed E-state index contributed by atoms with van der Waals surface area (Å²) < 4.78 is 25.4. The van der Waals surface area contributed by atoms with E-state index in [0.29, 0.717) is 43.3 Å². The lowest BCUT2D eigenvalue weighted by atomic mass is 9.99. The van der Waals surface area contributed by atoms with Crippen LogP contribution in [0.2, 0.25) is 0 Å². The molecule has 8 heteroatoms. The summed E-state index contributed by atoms with van der Waals surface area (Å²) in [6, 6.07) is 4.77. The molecule has 6 nitrogen and oxygen atoms in total. The van der Waals surface area contributed by atoms with Crippen LogP contribution in [0.3, 0.4) is 0 Å². The standard InChI is InChI=1S/C22H28FN3O3S/c1-22(2,3)12-28-19-6-14(4-5-18(19)23)9-26(10-17-15-7-24-8-16(15)17)21(27)29-20-11-30-13-25-20/h4-6,11,13,15-17,24H,7-10,12H2,1-3H3. The van der Waals surface area contributed by atoms with Crippen LogP contribution in [-0.2, 0) is 6.54 Å². The number of halogens is 1. The normalized spacial score (nSPS) is 22.5. The number of hydrogen-bond acceptors (Lipinski definition) is 6. The van der Waals surface area contributed by atoms with Crippen molar-refractivity contribution in [2.45, 2.75) is 27.3 Å². The minimum Gasteiger partial charge on any atom is -0.490 e. The fraction of sp³-hybridized carbons (Fsp3) is 0.545. The van der Waals surface area contributed by atoms with E-state index in [2.05, 4.69) is 10.3 Å². The Morgan fingerprint density at radius 2 is 2.10 bits per heavy atom. The molecule has 0 spiro atoms. The van der Waals surface area contributed by atoms with E-state index >= 15 is 0 Å². The summed E-state index contributed by atoms with van der Waals surface area (Å²) in [6.45, 7) is 9.47. The fourth-order valence-electron chi connectivity index (χ4n) is 3.95. The number of rotatable bonds is 7. The summed E-state index contributed by atoms with van der Waals surface area (Å²) in [6.07, 6.45) is -0.430. The molecule has 1 aliphatic carbocycles. The van der Waals surface area contributed by atoms with E-state index in [0.717, 1.165) is 18.7 Å². The lowest BCUT2D eigenvalue weighted by Crippen LogP contribution is -2.36. The first-order valence-electron chi connectivity index (χ1n) is 10.3. The highest BCUT2D eigenvalue weighted by molar-refractivity contribution is 7.07. The summed E-state index contributed by atoms with van der Waals surface area (Å²) in [5, 5.41) is 5.08. The number of nitrogens with one attached hydrogen (secondary N) is 1. The zero-order chi connectivity index (χ0) is 21.3. The summed E-state index contributed by atoms with van der Waals surface area (Å²) in [5.74, 6) is 1.84. The number of piperidine rings is 1. The smallest absolute Gasteiger partial charge is 0.416 e. The number of thiazole rings is 1. The number of carbonyl (C=O) groups is 1. The Hall–Kier alpha value is -2.19. The van der Waals surface area contributed by atoms with Gasteiger partial charge in [-0.15, -0.1) is 11.3 Å². The second-order valence-corrected chi connectivity index (χ2v) is 10.1. The monoisotopic (exact) mass is 433 g/mol. The number of carbonyl (C=O) groups excluding carboxylic acids is 1. The minimum absolute atomic E-state index is 0.0797. The van der Waals surface area contributed by atoms with E-state index in [1.807, 2.05) is 20.8 Å². The van der Waals surface area contributed by atoms with Crippen LogP contribution >= 0.6 is 11.3 Å². The maximum atomic E-state index is 14.2. The maximum Gasteiger partial charge on any atom is 0.416 e. The minimum atomic E-state index is -0.430. The number of aromatic nitrogens is 1. The van der Waals surface area contributed by atoms with Gasteiger partial charge in [-0.3, -0.25) is 0 Å². The van der Waals surface area contributed by atoms with E-state index in [-0.39, 0.29) is 11.2 Å². The molecule has 1 aliphatic heterocycles. The van der Waals surface area contributed by atoms with Crippen molar-refractivity contribution in [2.24, 2.45) is 23.2 Å².